The number of nitrogens with two attached hydrogens (primary N) is 1. The zero-order valence-corrected chi connectivity index (χ0v) is 56.6. The number of nitrogens with one attached hydrogen (secondary N) is 14. The fourth-order valence-electron chi connectivity index (χ4n) is 8.77. The molecule has 556 valence electrons. The molecule has 24 N–H and O–H groups in total. The monoisotopic (exact) mass is 1440 g/mol. The predicted molar refractivity (Wildman–Crippen MR) is 347 cm³/mol. The third kappa shape index (κ3) is 29.2. The number of carbonyl (C=O) groups is 16. The SMILES string of the molecule is CSCC[C@H](NC(=O)[C@H](C)NC(=O)[C@H](C)NC(=O)[C@H](CO)NC(=O)[C@@H](NC(=O)[C@@H](NC(=O)[C@H](CO)NC(=O)[C@H](CC(=O)O)NC(=O)[C@@H](N)CC(=O)O)C(C)C)C(C)C)C(=O)N[C@@H](CO)C(=O)N[C@@H](Cc1ccc(O)cc1)C(=O)N[C@@H](CO)C(=O)N[C@@H](Cc1cnc[nH]1)C(=O)N[C@@H](C)C(=O)O. The van der Waals surface area contributed by atoms with Gasteiger partial charge in [-0.05, 0) is 68.7 Å². The number of hydrogen-bond donors (Lipinski definition) is 23. The van der Waals surface area contributed by atoms with Crippen molar-refractivity contribution in [2.45, 2.75) is 165 Å². The summed E-state index contributed by atoms with van der Waals surface area (Å²) in [6.45, 7) is 5.00. The Hall–Kier alpha value is -10.1. The number of imidazole rings is 1. The molecule has 0 aliphatic carbocycles. The molecule has 40 nitrogen and oxygen atoms in total. The number of rotatable bonds is 44. The lowest BCUT2D eigenvalue weighted by atomic mass is 9.99. The number of amides is 13. The predicted octanol–water partition coefficient (Wildman–Crippen LogP) is -9.34. The number of aromatic amines is 1. The smallest absolute Gasteiger partial charge is 0.325 e. The summed E-state index contributed by atoms with van der Waals surface area (Å²) in [5.41, 5.74) is 6.15. The van der Waals surface area contributed by atoms with Crippen molar-refractivity contribution in [1.82, 2.24) is 79.1 Å². The van der Waals surface area contributed by atoms with E-state index in [-0.39, 0.29) is 30.8 Å². The van der Waals surface area contributed by atoms with Gasteiger partial charge in [-0.1, -0.05) is 39.8 Å². The van der Waals surface area contributed by atoms with Crippen molar-refractivity contribution in [2.24, 2.45) is 17.6 Å². The van der Waals surface area contributed by atoms with E-state index in [2.05, 4.69) is 68.5 Å². The van der Waals surface area contributed by atoms with Gasteiger partial charge in [-0.3, -0.25) is 76.7 Å². The lowest BCUT2D eigenvalue weighted by Gasteiger charge is -2.29. The van der Waals surface area contributed by atoms with Crippen molar-refractivity contribution in [1.29, 1.82) is 0 Å². The van der Waals surface area contributed by atoms with E-state index in [1.54, 1.807) is 6.26 Å². The van der Waals surface area contributed by atoms with Gasteiger partial charge in [0.25, 0.3) is 0 Å². The molecular weight excluding hydrogens is 1350 g/mol. The van der Waals surface area contributed by atoms with Crippen LogP contribution in [0.3, 0.4) is 0 Å². The second-order valence-electron chi connectivity index (χ2n) is 23.4. The number of aliphatic hydroxyl groups excluding tert-OH is 4. The average molecular weight is 1440 g/mol. The molecule has 0 fully saturated rings. The first-order valence-electron chi connectivity index (χ1n) is 31.0. The number of aliphatic carboxylic acids is 3. The lowest BCUT2D eigenvalue weighted by Crippen LogP contribution is -2.62. The largest absolute Gasteiger partial charge is 0.508 e. The van der Waals surface area contributed by atoms with Crippen LogP contribution in [0, 0.1) is 11.8 Å². The normalized spacial score (nSPS) is 15.3. The first-order chi connectivity index (χ1) is 46.9. The van der Waals surface area contributed by atoms with Crippen LogP contribution in [-0.4, -0.2) is 269 Å². The summed E-state index contributed by atoms with van der Waals surface area (Å²) in [5, 5.41) is 108. The molecule has 100 heavy (non-hydrogen) atoms. The Labute approximate surface area is 576 Å². The van der Waals surface area contributed by atoms with Gasteiger partial charge in [0.15, 0.2) is 0 Å². The number of H-pyrrole nitrogens is 1. The molecule has 0 aliphatic heterocycles. The molecule has 1 aromatic carbocycles. The maximum absolute atomic E-state index is 14.0. The van der Waals surface area contributed by atoms with Crippen LogP contribution in [0.2, 0.25) is 0 Å². The third-order valence-electron chi connectivity index (χ3n) is 14.6. The van der Waals surface area contributed by atoms with E-state index in [1.165, 1.54) is 90.1 Å². The highest BCUT2D eigenvalue weighted by atomic mass is 32.2. The van der Waals surface area contributed by atoms with Crippen LogP contribution in [0.25, 0.3) is 0 Å². The number of nitrogens with zero attached hydrogens (tertiary/aromatic N) is 1. The second-order valence-corrected chi connectivity index (χ2v) is 24.4. The van der Waals surface area contributed by atoms with Crippen LogP contribution in [0.4, 0.5) is 0 Å². The van der Waals surface area contributed by atoms with Crippen molar-refractivity contribution >= 4 is 106 Å². The topological polar surface area (TPSA) is 646 Å². The van der Waals surface area contributed by atoms with Gasteiger partial charge in [-0.25, -0.2) is 4.98 Å². The molecule has 14 atom stereocenters. The molecule has 0 unspecified atom stereocenters. The number of hydrogen-bond acceptors (Lipinski definition) is 24. The lowest BCUT2D eigenvalue weighted by molar-refractivity contribution is -0.142. The van der Waals surface area contributed by atoms with Gasteiger partial charge in [0, 0.05) is 24.7 Å². The van der Waals surface area contributed by atoms with Crippen LogP contribution in [-0.2, 0) is 89.6 Å². The Morgan fingerprint density at radius 2 is 0.780 bits per heavy atom. The molecule has 1 aromatic heterocycles. The molecule has 41 heteroatoms. The molecule has 2 aromatic rings. The highest BCUT2D eigenvalue weighted by Gasteiger charge is 2.38. The number of phenols is 1. The van der Waals surface area contributed by atoms with Gasteiger partial charge in [-0.15, -0.1) is 0 Å². The highest BCUT2D eigenvalue weighted by Crippen LogP contribution is 2.14. The number of phenolic OH excluding ortho intramolecular Hbond substituents is 1. The van der Waals surface area contributed by atoms with Crippen molar-refractivity contribution in [3.05, 3.63) is 48.0 Å². The third-order valence-corrected chi connectivity index (χ3v) is 15.2. The number of carboxylic acid groups (broad SMARTS) is 3. The molecule has 0 bridgehead atoms. The highest BCUT2D eigenvalue weighted by molar-refractivity contribution is 7.98. The van der Waals surface area contributed by atoms with Crippen molar-refractivity contribution < 1.29 is 118 Å². The van der Waals surface area contributed by atoms with E-state index in [1.807, 2.05) is 10.6 Å². The minimum Gasteiger partial charge on any atom is -0.508 e. The van der Waals surface area contributed by atoms with E-state index in [0.717, 1.165) is 6.92 Å². The molecule has 0 saturated heterocycles. The van der Waals surface area contributed by atoms with Gasteiger partial charge in [0.05, 0.1) is 51.6 Å². The van der Waals surface area contributed by atoms with Gasteiger partial charge in [-0.2, -0.15) is 11.8 Å². The Kier molecular flexibility index (Phi) is 36.7. The standard InChI is InChI=1S/C59H90N16O24S/c1-25(2)44(75-58(97)45(26(3)4)74-56(95)41(23-79)72-52(91)37(18-43(83)84)67-48(87)33(60)17-42(81)82)57(96)73-38(20-76)53(92)64-27(5)46(85)63-28(6)47(86)66-34(13-14-100-8)49(88)70-39(21-77)54(93)68-35(15-30-9-11-32(80)12-10-30)51(90)71-40(22-78)55(94)69-36(16-31-19-61-24-62-31)50(89)65-29(7)59(98)99/h9-12,19,24-29,33-41,44-45,76-80H,13-18,20-23,60H2,1-8H3,(H,61,62)(H,63,85)(H,64,92)(H,65,89)(H,66,86)(H,67,87)(H,68,93)(H,69,94)(H,70,88)(H,71,90)(H,72,91)(H,73,96)(H,74,95)(H,75,97)(H,81,82)(H,83,84)(H,98,99)/t27-,28-,29-,33-,34-,35-,36-,37-,38-,39-,40-,41-,44-,45-/m0/s1. The first-order valence-corrected chi connectivity index (χ1v) is 32.4. The Morgan fingerprint density at radius 1 is 0.430 bits per heavy atom. The number of carbonyl (C=O) groups excluding carboxylic acids is 13. The second kappa shape index (κ2) is 42.7. The quantitative estimate of drug-likeness (QED) is 0.0293. The molecule has 0 aliphatic rings. The number of aliphatic hydroxyl groups is 4. The van der Waals surface area contributed by atoms with Gasteiger partial charge < -0.3 is 121 Å². The molecule has 0 saturated carbocycles. The number of thioether (sulfide) groups is 1. The fourth-order valence-corrected chi connectivity index (χ4v) is 9.24. The summed E-state index contributed by atoms with van der Waals surface area (Å²) in [6, 6.07) is -17.7. The van der Waals surface area contributed by atoms with E-state index < -0.39 is 230 Å². The average Bonchev–Trinajstić information content (AvgIpc) is 0.915. The van der Waals surface area contributed by atoms with Crippen LogP contribution in [0.1, 0.15) is 79.0 Å². The molecule has 1 heterocycles. The van der Waals surface area contributed by atoms with Crippen LogP contribution in [0.5, 0.6) is 5.75 Å². The van der Waals surface area contributed by atoms with Crippen molar-refractivity contribution in [3.8, 4) is 5.75 Å². The zero-order valence-electron chi connectivity index (χ0n) is 55.8. The summed E-state index contributed by atoms with van der Waals surface area (Å²) >= 11 is 1.24. The van der Waals surface area contributed by atoms with E-state index in [4.69, 9.17) is 10.8 Å². The van der Waals surface area contributed by atoms with Crippen molar-refractivity contribution in [2.75, 3.05) is 38.4 Å². The molecule has 13 amide bonds. The summed E-state index contributed by atoms with van der Waals surface area (Å²) in [6.07, 6.45) is 1.56. The Balaban J connectivity index is 2.20. The maximum Gasteiger partial charge on any atom is 0.325 e. The summed E-state index contributed by atoms with van der Waals surface area (Å²) in [4.78, 5) is 216. The molecular formula is C59H90N16O24S. The molecule has 2 rings (SSSR count). The number of benzene rings is 1. The summed E-state index contributed by atoms with van der Waals surface area (Å²) < 4.78 is 0. The Morgan fingerprint density at radius 3 is 1.22 bits per heavy atom. The van der Waals surface area contributed by atoms with E-state index in [0.29, 0.717) is 11.3 Å². The van der Waals surface area contributed by atoms with Crippen LogP contribution >= 0.6 is 11.8 Å². The maximum atomic E-state index is 14.0. The Bertz CT molecular complexity index is 3180. The van der Waals surface area contributed by atoms with E-state index in [9.17, 15) is 112 Å². The van der Waals surface area contributed by atoms with Gasteiger partial charge >= 0.3 is 17.9 Å². The minimum absolute atomic E-state index is 0.108. The molecule has 0 radical (unpaired) electrons. The van der Waals surface area contributed by atoms with Gasteiger partial charge in [0.2, 0.25) is 76.8 Å². The van der Waals surface area contributed by atoms with Crippen molar-refractivity contribution in [3.63, 3.8) is 0 Å². The first kappa shape index (κ1) is 86.0. The fraction of sp³-hybridized carbons (Fsp3) is 0.576. The summed E-state index contributed by atoms with van der Waals surface area (Å²) in [7, 11) is 0. The van der Waals surface area contributed by atoms with E-state index >= 15 is 0 Å². The number of carboxylic acids is 3. The number of aromatic nitrogens is 2. The van der Waals surface area contributed by atoms with Crippen LogP contribution in [0.15, 0.2) is 36.8 Å². The minimum atomic E-state index is -1.93. The van der Waals surface area contributed by atoms with Gasteiger partial charge in [0.1, 0.15) is 84.3 Å². The zero-order chi connectivity index (χ0) is 75.8. The number of aromatic hydroxyl groups is 1. The van der Waals surface area contributed by atoms with Crippen LogP contribution < -0.4 is 74.9 Å². The summed E-state index contributed by atoms with van der Waals surface area (Å²) in [5.74, 6) is -20.4. The molecule has 0 spiro atoms.